The molecule has 3 aliphatic rings. The van der Waals surface area contributed by atoms with Crippen LogP contribution in [0.1, 0.15) is 49.9 Å². The summed E-state index contributed by atoms with van der Waals surface area (Å²) in [6, 6.07) is 12.1. The fourth-order valence-corrected chi connectivity index (χ4v) is 6.92. The van der Waals surface area contributed by atoms with Crippen molar-refractivity contribution in [3.63, 3.8) is 0 Å². The average molecular weight is 640 g/mol. The molecule has 1 N–H and O–H groups in total. The highest BCUT2D eigenvalue weighted by atomic mass is 19.3. The Hall–Kier alpha value is -5.00. The first-order chi connectivity index (χ1) is 22.5. The maximum absolute atomic E-state index is 14.1. The number of aryl methyl sites for hydroxylation is 2. The third-order valence-electron chi connectivity index (χ3n) is 9.58. The minimum atomic E-state index is -2.99. The second kappa shape index (κ2) is 11.7. The minimum Gasteiger partial charge on any atom is -0.435 e. The van der Waals surface area contributed by atoms with Gasteiger partial charge >= 0.3 is 6.61 Å². The lowest BCUT2D eigenvalue weighted by molar-refractivity contribution is -0.119. The van der Waals surface area contributed by atoms with E-state index in [2.05, 4.69) is 20.4 Å². The molecule has 1 saturated carbocycles. The summed E-state index contributed by atoms with van der Waals surface area (Å²) in [6.45, 7) is 5.21. The van der Waals surface area contributed by atoms with Crippen LogP contribution in [0.5, 0.6) is 5.75 Å². The highest BCUT2D eigenvalue weighted by Crippen LogP contribution is 2.55. The Morgan fingerprint density at radius 3 is 2.60 bits per heavy atom. The lowest BCUT2D eigenvalue weighted by Crippen LogP contribution is -2.39. The maximum atomic E-state index is 14.1. The molecular weight excluding hydrogens is 604 g/mol. The molecule has 0 spiro atoms. The van der Waals surface area contributed by atoms with Gasteiger partial charge in [-0.25, -0.2) is 9.67 Å². The topological polar surface area (TPSA) is 116 Å². The number of hydrogen-bond donors (Lipinski definition) is 1. The number of alkyl halides is 2. The average Bonchev–Trinajstić information content (AvgIpc) is 3.60. The molecule has 7 rings (SSSR count). The van der Waals surface area contributed by atoms with Crippen LogP contribution in [-0.2, 0) is 10.3 Å². The van der Waals surface area contributed by atoms with Crippen LogP contribution in [0.4, 0.5) is 14.5 Å². The zero-order chi connectivity index (χ0) is 33.0. The van der Waals surface area contributed by atoms with Gasteiger partial charge in [0.2, 0.25) is 5.91 Å². The number of carbonyl (C=O) groups is 1. The van der Waals surface area contributed by atoms with Crippen LogP contribution < -0.4 is 15.6 Å². The number of nitrogens with one attached hydrogen (secondary N) is 1. The van der Waals surface area contributed by atoms with Crippen molar-refractivity contribution in [3.05, 3.63) is 88.2 Å². The zero-order valence-electron chi connectivity index (χ0n) is 26.6. The van der Waals surface area contributed by atoms with Gasteiger partial charge in [0.25, 0.3) is 5.56 Å². The largest absolute Gasteiger partial charge is 0.435 e. The van der Waals surface area contributed by atoms with Gasteiger partial charge in [0.15, 0.2) is 0 Å². The molecule has 4 aromatic rings. The third kappa shape index (κ3) is 5.55. The van der Waals surface area contributed by atoms with E-state index in [1.54, 1.807) is 27.7 Å². The number of nitrogens with zero attached hydrogens (tertiary/aromatic N) is 6. The van der Waals surface area contributed by atoms with E-state index in [0.29, 0.717) is 42.8 Å². The van der Waals surface area contributed by atoms with Crippen molar-refractivity contribution < 1.29 is 18.3 Å². The Morgan fingerprint density at radius 1 is 1.02 bits per heavy atom. The first kappa shape index (κ1) is 30.6. The second-order valence-corrected chi connectivity index (χ2v) is 12.9. The van der Waals surface area contributed by atoms with Crippen molar-refractivity contribution in [1.82, 2.24) is 24.5 Å². The molecule has 47 heavy (non-hydrogen) atoms. The van der Waals surface area contributed by atoms with Gasteiger partial charge in [0.1, 0.15) is 5.75 Å². The number of allylic oxidation sites excluding steroid dienone is 1. The van der Waals surface area contributed by atoms with Crippen LogP contribution in [0, 0.1) is 31.6 Å². The summed E-state index contributed by atoms with van der Waals surface area (Å²) < 4.78 is 34.2. The van der Waals surface area contributed by atoms with Gasteiger partial charge in [-0.3, -0.25) is 19.1 Å². The number of ether oxygens (including phenoxy) is 1. The van der Waals surface area contributed by atoms with E-state index in [0.717, 1.165) is 33.8 Å². The van der Waals surface area contributed by atoms with E-state index in [9.17, 15) is 18.4 Å². The van der Waals surface area contributed by atoms with E-state index in [1.807, 2.05) is 58.2 Å². The molecule has 2 aliphatic heterocycles. The molecule has 1 fully saturated rings. The van der Waals surface area contributed by atoms with Crippen molar-refractivity contribution in [2.24, 2.45) is 22.7 Å². The molecule has 2 aromatic carbocycles. The van der Waals surface area contributed by atoms with E-state index in [4.69, 9.17) is 9.98 Å². The fourth-order valence-electron chi connectivity index (χ4n) is 6.92. The lowest BCUT2D eigenvalue weighted by atomic mass is 9.86. The first-order valence-corrected chi connectivity index (χ1v) is 15.8. The molecule has 3 unspecified atom stereocenters. The Morgan fingerprint density at radius 2 is 1.85 bits per heavy atom. The summed E-state index contributed by atoms with van der Waals surface area (Å²) in [5, 5.41) is 11.3. The number of anilines is 1. The van der Waals surface area contributed by atoms with Gasteiger partial charge in [-0.05, 0) is 74.9 Å². The molecule has 1 amide bonds. The van der Waals surface area contributed by atoms with Crippen LogP contribution in [0.15, 0.2) is 70.9 Å². The number of dihydropyridines is 1. The maximum Gasteiger partial charge on any atom is 0.387 e. The molecule has 2 bridgehead atoms. The van der Waals surface area contributed by atoms with Crippen LogP contribution in [0.3, 0.4) is 0 Å². The summed E-state index contributed by atoms with van der Waals surface area (Å²) in [5.41, 5.74) is 5.70. The highest BCUT2D eigenvalue weighted by Gasteiger charge is 2.59. The smallest absolute Gasteiger partial charge is 0.387 e. The van der Waals surface area contributed by atoms with E-state index >= 15 is 0 Å². The molecule has 10 nitrogen and oxygen atoms in total. The normalized spacial score (nSPS) is 23.8. The van der Waals surface area contributed by atoms with Gasteiger partial charge < -0.3 is 10.1 Å². The van der Waals surface area contributed by atoms with Gasteiger partial charge in [-0.1, -0.05) is 30.7 Å². The first-order valence-electron chi connectivity index (χ1n) is 15.8. The molecule has 4 heterocycles. The van der Waals surface area contributed by atoms with Crippen LogP contribution in [0.2, 0.25) is 0 Å². The number of fused-ring (bicyclic) bond motifs is 5. The van der Waals surface area contributed by atoms with Crippen molar-refractivity contribution in [2.45, 2.75) is 59.1 Å². The summed E-state index contributed by atoms with van der Waals surface area (Å²) >= 11 is 0. The van der Waals surface area contributed by atoms with Crippen molar-refractivity contribution in [2.75, 3.05) is 11.9 Å². The molecule has 242 valence electrons. The molecule has 12 heteroatoms. The molecular formula is C35H35F2N7O3. The molecule has 0 saturated heterocycles. The van der Waals surface area contributed by atoms with Crippen molar-refractivity contribution in [1.29, 1.82) is 0 Å². The lowest BCUT2D eigenvalue weighted by Gasteiger charge is -2.29. The molecule has 0 radical (unpaired) electrons. The number of carbonyl (C=O) groups excluding carboxylic acids is 1. The molecule has 2 aromatic heterocycles. The van der Waals surface area contributed by atoms with Gasteiger partial charge in [0, 0.05) is 41.6 Å². The summed E-state index contributed by atoms with van der Waals surface area (Å²) in [4.78, 5) is 37.2. The number of benzene rings is 2. The Kier molecular flexibility index (Phi) is 7.60. The second-order valence-electron chi connectivity index (χ2n) is 12.9. The number of aromatic nitrogens is 5. The summed E-state index contributed by atoms with van der Waals surface area (Å²) in [6.07, 6.45) is 7.40. The monoisotopic (exact) mass is 639 g/mol. The molecule has 4 atom stereocenters. The number of amides is 1. The minimum absolute atomic E-state index is 0.0248. The predicted octanol–water partition coefficient (Wildman–Crippen LogP) is 5.97. The van der Waals surface area contributed by atoms with Crippen molar-refractivity contribution >= 4 is 22.9 Å². The van der Waals surface area contributed by atoms with E-state index in [-0.39, 0.29) is 35.0 Å². The Bertz CT molecular complexity index is 2020. The van der Waals surface area contributed by atoms with Gasteiger partial charge in [-0.2, -0.15) is 8.78 Å². The Labute approximate surface area is 270 Å². The predicted molar refractivity (Wildman–Crippen MR) is 174 cm³/mol. The van der Waals surface area contributed by atoms with E-state index < -0.39 is 12.2 Å². The van der Waals surface area contributed by atoms with Crippen LogP contribution in [0.25, 0.3) is 22.5 Å². The third-order valence-corrected chi connectivity index (χ3v) is 9.58. The SMILES string of the molecule is Cc1ccc(-n2cc(C)nn2)c(-c2cc(=O)n(C34CC3CC[C@@H](C)C(=O)Nc3cc(OC(F)F)ccc3C3=CC4=NCC3C)cn2)c1. The number of rotatable bonds is 5. The quantitative estimate of drug-likeness (QED) is 0.288. The summed E-state index contributed by atoms with van der Waals surface area (Å²) in [5.74, 6) is -0.552. The van der Waals surface area contributed by atoms with Crippen LogP contribution in [-0.4, -0.2) is 49.3 Å². The number of aliphatic imine (C=N–C) groups is 1. The fraction of sp³-hybridized carbons (Fsp3) is 0.371. The summed E-state index contributed by atoms with van der Waals surface area (Å²) in [7, 11) is 0. The number of hydrogen-bond acceptors (Lipinski definition) is 7. The zero-order valence-corrected chi connectivity index (χ0v) is 26.6. The van der Waals surface area contributed by atoms with Crippen LogP contribution >= 0.6 is 0 Å². The van der Waals surface area contributed by atoms with E-state index in [1.165, 1.54) is 12.1 Å². The van der Waals surface area contributed by atoms with Crippen molar-refractivity contribution in [3.8, 4) is 22.7 Å². The van der Waals surface area contributed by atoms with Gasteiger partial charge in [0.05, 0.1) is 46.5 Å². The number of halogens is 2. The highest BCUT2D eigenvalue weighted by molar-refractivity contribution is 6.10. The van der Waals surface area contributed by atoms with Gasteiger partial charge in [-0.15, -0.1) is 5.10 Å². The Balaban J connectivity index is 1.33. The molecule has 1 aliphatic carbocycles. The standard InChI is InChI=1S/C35H35F2N7O3/c1-19-5-10-30(44-17-22(4)41-42-44)27(11-19)28-14-32(45)43(18-39-28)35-15-23(35)7-6-20(2)33(46)40-29-12-24(47-34(36)37)8-9-25(29)26-13-31(35)38-16-21(26)3/h5,8-14,17-18,20-21,23,34H,6-7,15-16H2,1-4H3,(H,40,46)/t20-,21?,23?,35?/m1/s1.